The van der Waals surface area contributed by atoms with Gasteiger partial charge in [-0.1, -0.05) is 313 Å². The molecule has 0 amide bonds. The van der Waals surface area contributed by atoms with E-state index >= 15 is 0 Å². The topological polar surface area (TPSA) is 111 Å². The van der Waals surface area contributed by atoms with Crippen LogP contribution in [0.25, 0.3) is 0 Å². The van der Waals surface area contributed by atoms with E-state index < -0.39 is 24.3 Å². The van der Waals surface area contributed by atoms with Crippen molar-refractivity contribution in [1.82, 2.24) is 0 Å². The molecule has 0 aromatic heterocycles. The fraction of sp³-hybridized carbons (Fsp3) is 0.655. The van der Waals surface area contributed by atoms with Gasteiger partial charge in [-0.2, -0.15) is 0 Å². The van der Waals surface area contributed by atoms with Gasteiger partial charge < -0.3 is 33.3 Å². The van der Waals surface area contributed by atoms with E-state index in [1.54, 1.807) is 0 Å². The first-order valence-electron chi connectivity index (χ1n) is 37.6. The molecule has 0 aliphatic carbocycles. The molecular formula is C84H139NO8. The number of carboxylic acids is 1. The van der Waals surface area contributed by atoms with Crippen LogP contribution in [0.2, 0.25) is 0 Å². The summed E-state index contributed by atoms with van der Waals surface area (Å²) in [6, 6.07) is 0. The molecule has 0 fully saturated rings. The fourth-order valence-electron chi connectivity index (χ4n) is 10.0. The van der Waals surface area contributed by atoms with Crippen molar-refractivity contribution in [2.24, 2.45) is 0 Å². The Balaban J connectivity index is 4.20. The molecule has 0 N–H and O–H groups in total. The van der Waals surface area contributed by atoms with E-state index in [1.165, 1.54) is 141 Å². The monoisotopic (exact) mass is 1290 g/mol. The van der Waals surface area contributed by atoms with E-state index in [9.17, 15) is 19.5 Å². The molecule has 0 aromatic carbocycles. The lowest BCUT2D eigenvalue weighted by atomic mass is 10.0. The molecule has 0 rings (SSSR count). The van der Waals surface area contributed by atoms with Crippen LogP contribution in [0.1, 0.15) is 296 Å². The SMILES string of the molecule is CC/C=C\C/C=C\C/C=C\C/C=C\C/C=C\C/C=C\C/C=C\C/C=C\C/C=C\C/C=C\C/C=C\C/C=C\CCCCCCC(=O)OC(COC(=O)CCCCCCCCCCCCCCCCC/C=C\CCCCCCCCCC)COC(OCC[N+](C)(C)C)C(=O)[O-]. The van der Waals surface area contributed by atoms with Crippen LogP contribution in [-0.2, 0) is 33.3 Å². The minimum Gasteiger partial charge on any atom is -0.545 e. The zero-order valence-electron chi connectivity index (χ0n) is 60.3. The number of nitrogens with zero attached hydrogens (tertiary/aromatic N) is 1. The molecule has 0 aromatic rings. The van der Waals surface area contributed by atoms with Gasteiger partial charge in [0.2, 0.25) is 0 Å². The smallest absolute Gasteiger partial charge is 0.306 e. The first kappa shape index (κ1) is 87.9. The first-order valence-corrected chi connectivity index (χ1v) is 37.6. The fourth-order valence-corrected chi connectivity index (χ4v) is 10.0. The summed E-state index contributed by atoms with van der Waals surface area (Å²) in [5, 5.41) is 11.8. The normalized spacial score (nSPS) is 13.6. The summed E-state index contributed by atoms with van der Waals surface area (Å²) < 4.78 is 22.8. The summed E-state index contributed by atoms with van der Waals surface area (Å²) in [6.45, 7) is 4.61. The average Bonchev–Trinajstić information content (AvgIpc) is 3.38. The molecular weight excluding hydrogens is 1150 g/mol. The molecule has 0 spiro atoms. The number of unbranched alkanes of at least 4 members (excludes halogenated alkanes) is 27. The number of hydrogen-bond donors (Lipinski definition) is 0. The highest BCUT2D eigenvalue weighted by Gasteiger charge is 2.22. The molecule has 9 heteroatoms. The van der Waals surface area contributed by atoms with Crippen LogP contribution in [-0.4, -0.2) is 82.3 Å². The quantitative estimate of drug-likeness (QED) is 0.0195. The number of carbonyl (C=O) groups excluding carboxylic acids is 3. The van der Waals surface area contributed by atoms with Gasteiger partial charge in [-0.05, 0) is 128 Å². The molecule has 9 nitrogen and oxygen atoms in total. The van der Waals surface area contributed by atoms with Crippen molar-refractivity contribution in [2.45, 2.75) is 309 Å². The van der Waals surface area contributed by atoms with Gasteiger partial charge in [0.1, 0.15) is 13.2 Å². The number of hydrogen-bond acceptors (Lipinski definition) is 8. The van der Waals surface area contributed by atoms with Crippen LogP contribution in [0, 0.1) is 0 Å². The van der Waals surface area contributed by atoms with Crippen LogP contribution < -0.4 is 5.11 Å². The Morgan fingerprint density at radius 3 is 0.925 bits per heavy atom. The van der Waals surface area contributed by atoms with Crippen LogP contribution in [0.3, 0.4) is 0 Å². The molecule has 2 atom stereocenters. The largest absolute Gasteiger partial charge is 0.545 e. The molecule has 528 valence electrons. The van der Waals surface area contributed by atoms with Crippen molar-refractivity contribution in [2.75, 3.05) is 47.5 Å². The Hall–Kier alpha value is -5.09. The van der Waals surface area contributed by atoms with Crippen molar-refractivity contribution in [3.63, 3.8) is 0 Å². The standard InChI is InChI=1S/C84H139NO8/c1-6-8-10-12-14-16-18-20-22-24-26-28-30-32-34-35-36-37-38-39-40-41-42-43-44-45-46-47-49-51-53-55-57-59-61-63-65-67-69-71-73-75-82(87)93-80(79-92-84(83(88)89)90-77-76-85(3,4)5)78-91-81(86)74-72-70-68-66-64-62-60-58-56-54-52-50-48-33-31-29-27-25-23-21-19-17-15-13-11-9-7-2/h8,10,14,16,20,22,25-28,32,34,36-37,39-40,42-43,45-46,49,51,55,57,61,63,80,84H,6-7,9,11-13,15,17-19,21,23-24,29-31,33,35,38,41,44,47-48,50,52-54,56,58-60,62,64-79H2,1-5H3/b10-8-,16-14-,22-20-,27-25-,28-26-,34-32-,37-36-,40-39-,43-42-,46-45-,51-49-,57-55-,63-61-. The predicted octanol–water partition coefficient (Wildman–Crippen LogP) is 22.7. The van der Waals surface area contributed by atoms with Gasteiger partial charge in [0.05, 0.1) is 40.3 Å². The average molecular weight is 1290 g/mol. The summed E-state index contributed by atoms with van der Waals surface area (Å²) in [5.41, 5.74) is 0. The molecule has 0 saturated carbocycles. The van der Waals surface area contributed by atoms with Gasteiger partial charge in [-0.15, -0.1) is 0 Å². The second-order valence-corrected chi connectivity index (χ2v) is 25.9. The third-order valence-electron chi connectivity index (χ3n) is 15.8. The first-order chi connectivity index (χ1) is 45.6. The molecule has 0 radical (unpaired) electrons. The van der Waals surface area contributed by atoms with Gasteiger partial charge in [-0.25, -0.2) is 0 Å². The highest BCUT2D eigenvalue weighted by atomic mass is 16.7. The van der Waals surface area contributed by atoms with Gasteiger partial charge in [-0.3, -0.25) is 9.59 Å². The van der Waals surface area contributed by atoms with E-state index in [0.29, 0.717) is 17.4 Å². The van der Waals surface area contributed by atoms with Gasteiger partial charge in [0.15, 0.2) is 12.4 Å². The van der Waals surface area contributed by atoms with Crippen molar-refractivity contribution >= 4 is 17.9 Å². The number of likely N-dealkylation sites (N-methyl/N-ethyl adjacent to an activating group) is 1. The minimum absolute atomic E-state index is 0.135. The van der Waals surface area contributed by atoms with Crippen LogP contribution in [0.5, 0.6) is 0 Å². The van der Waals surface area contributed by atoms with E-state index in [4.69, 9.17) is 18.9 Å². The highest BCUT2D eigenvalue weighted by molar-refractivity contribution is 5.70. The van der Waals surface area contributed by atoms with Crippen molar-refractivity contribution in [3.8, 4) is 0 Å². The number of ether oxygens (including phenoxy) is 4. The lowest BCUT2D eigenvalue weighted by molar-refractivity contribution is -0.870. The molecule has 0 aliphatic heterocycles. The minimum atomic E-state index is -1.64. The van der Waals surface area contributed by atoms with Crippen LogP contribution >= 0.6 is 0 Å². The maximum Gasteiger partial charge on any atom is 0.306 e. The van der Waals surface area contributed by atoms with Gasteiger partial charge in [0.25, 0.3) is 0 Å². The summed E-state index contributed by atoms with van der Waals surface area (Å²) >= 11 is 0. The van der Waals surface area contributed by atoms with Crippen molar-refractivity contribution < 1.29 is 42.9 Å². The van der Waals surface area contributed by atoms with E-state index in [-0.39, 0.29) is 38.6 Å². The molecule has 93 heavy (non-hydrogen) atoms. The lowest BCUT2D eigenvalue weighted by Crippen LogP contribution is -2.44. The summed E-state index contributed by atoms with van der Waals surface area (Å²) in [4.78, 5) is 37.5. The second kappa shape index (κ2) is 72.7. The summed E-state index contributed by atoms with van der Waals surface area (Å²) in [6.07, 6.45) is 105. The maximum absolute atomic E-state index is 12.9. The number of esters is 2. The molecule has 0 bridgehead atoms. The molecule has 0 saturated heterocycles. The Bertz CT molecular complexity index is 2090. The Kier molecular flexibility index (Phi) is 68.8. The number of carboxylic acid groups (broad SMARTS) is 1. The third-order valence-corrected chi connectivity index (χ3v) is 15.8. The lowest BCUT2D eigenvalue weighted by Gasteiger charge is -2.26. The zero-order valence-corrected chi connectivity index (χ0v) is 60.3. The summed E-state index contributed by atoms with van der Waals surface area (Å²) in [5.74, 6) is -2.32. The van der Waals surface area contributed by atoms with Crippen molar-refractivity contribution in [3.05, 3.63) is 158 Å². The van der Waals surface area contributed by atoms with Crippen LogP contribution in [0.15, 0.2) is 158 Å². The Labute approximate surface area is 572 Å². The zero-order chi connectivity index (χ0) is 67.5. The maximum atomic E-state index is 12.9. The van der Waals surface area contributed by atoms with E-state index in [2.05, 4.69) is 172 Å². The number of carbonyl (C=O) groups is 3. The van der Waals surface area contributed by atoms with E-state index in [1.807, 2.05) is 21.1 Å². The van der Waals surface area contributed by atoms with Crippen molar-refractivity contribution in [1.29, 1.82) is 0 Å². The predicted molar refractivity (Wildman–Crippen MR) is 398 cm³/mol. The Morgan fingerprint density at radius 2 is 0.613 bits per heavy atom. The number of allylic oxidation sites excluding steroid dienone is 26. The van der Waals surface area contributed by atoms with Gasteiger partial charge in [0, 0.05) is 12.8 Å². The molecule has 0 heterocycles. The van der Waals surface area contributed by atoms with Crippen LogP contribution in [0.4, 0.5) is 0 Å². The van der Waals surface area contributed by atoms with Gasteiger partial charge >= 0.3 is 11.9 Å². The number of aliphatic carboxylic acids is 1. The van der Waals surface area contributed by atoms with E-state index in [0.717, 1.165) is 122 Å². The molecule has 2 unspecified atom stereocenters. The summed E-state index contributed by atoms with van der Waals surface area (Å²) in [7, 11) is 5.92. The Morgan fingerprint density at radius 1 is 0.333 bits per heavy atom. The highest BCUT2D eigenvalue weighted by Crippen LogP contribution is 2.17. The number of rotatable bonds is 68. The number of quaternary nitrogens is 1. The third kappa shape index (κ3) is 74.2. The molecule has 0 aliphatic rings. The second-order valence-electron chi connectivity index (χ2n) is 25.9.